The Morgan fingerprint density at radius 1 is 0.443 bits per heavy atom. The Kier molecular flexibility index (Phi) is 6.47. The second-order valence-electron chi connectivity index (χ2n) is 22.9. The zero-order valence-electron chi connectivity index (χ0n) is 40.0. The Morgan fingerprint density at radius 3 is 1.61 bits per heavy atom. The number of benzene rings is 9. The van der Waals surface area contributed by atoms with Crippen LogP contribution in [0.5, 0.6) is 11.5 Å². The van der Waals surface area contributed by atoms with Crippen LogP contribution in [-0.2, 0) is 21.7 Å². The number of anilines is 3. The Labute approximate surface area is 406 Å². The lowest BCUT2D eigenvalue weighted by molar-refractivity contribution is 0.433. The van der Waals surface area contributed by atoms with Gasteiger partial charge in [-0.2, -0.15) is 0 Å². The molecule has 0 unspecified atom stereocenters. The van der Waals surface area contributed by atoms with Crippen molar-refractivity contribution in [2.75, 3.05) is 4.90 Å². The first-order chi connectivity index (χ1) is 34.0. The van der Waals surface area contributed by atoms with Crippen LogP contribution in [0.2, 0.25) is 0 Å². The van der Waals surface area contributed by atoms with E-state index < -0.39 is 10.8 Å². The predicted octanol–water partition coefficient (Wildman–Crippen LogP) is 13.5. The monoisotopic (exact) mass is 895 g/mol. The zero-order chi connectivity index (χ0) is 46.5. The van der Waals surface area contributed by atoms with Gasteiger partial charge in [0, 0.05) is 33.3 Å². The van der Waals surface area contributed by atoms with Gasteiger partial charge in [-0.3, -0.25) is 4.40 Å². The maximum absolute atomic E-state index is 6.98. The second kappa shape index (κ2) is 11.9. The lowest BCUT2D eigenvalue weighted by Gasteiger charge is -2.56. The topological polar surface area (TPSA) is 29.8 Å². The van der Waals surface area contributed by atoms with Crippen LogP contribution in [0.3, 0.4) is 0 Å². The smallest absolute Gasteiger partial charge is 0.252 e. The summed E-state index contributed by atoms with van der Waals surface area (Å²) in [5, 5.41) is 3.72. The zero-order valence-corrected chi connectivity index (χ0v) is 40.0. The minimum Gasteiger partial charge on any atom is -0.457 e. The van der Waals surface area contributed by atoms with Crippen molar-refractivity contribution < 1.29 is 4.74 Å². The number of hydrogen-bond acceptors (Lipinski definition) is 3. The van der Waals surface area contributed by atoms with E-state index in [9.17, 15) is 0 Å². The fraction of sp³-hybridized carbons (Fsp3) is 0.154. The van der Waals surface area contributed by atoms with Crippen LogP contribution in [-0.4, -0.2) is 16.1 Å². The first-order valence-electron chi connectivity index (χ1n) is 25.1. The fourth-order valence-corrected chi connectivity index (χ4v) is 15.2. The van der Waals surface area contributed by atoms with Crippen molar-refractivity contribution in [2.45, 2.75) is 63.2 Å². The summed E-state index contributed by atoms with van der Waals surface area (Å²) in [6.45, 7) is 14.3. The molecule has 11 aromatic rings. The van der Waals surface area contributed by atoms with Crippen molar-refractivity contribution in [3.05, 3.63) is 225 Å². The first-order valence-corrected chi connectivity index (χ1v) is 25.1. The van der Waals surface area contributed by atoms with E-state index in [1.54, 1.807) is 0 Å². The van der Waals surface area contributed by atoms with Gasteiger partial charge in [-0.1, -0.05) is 193 Å². The van der Waals surface area contributed by atoms with Crippen LogP contribution in [0.1, 0.15) is 97.2 Å². The van der Waals surface area contributed by atoms with Gasteiger partial charge in [-0.15, -0.1) is 0 Å². The standard InChI is InChI=1S/C65H46BN3O/c1-62(2,3)47-34-48(63(4,5)6)55-60-53(47)66-50-30-18-29-46-58(50)68-57-44(27-17-28-45(57)65(46)42-25-13-15-31-51(42)70-52-32-16-14-26-43(52)65)64(40-23-11-9-20-36(40)37-21-10-12-24-41(37)64)49-33-39-35-19-7-8-22-38(35)61(67-55)69(60)56(39)54(66)59(49)68/h7-34H,1-6H3. The lowest BCUT2D eigenvalue weighted by Crippen LogP contribution is -2.63. The molecule has 2 spiro atoms. The Balaban J connectivity index is 1.19. The average Bonchev–Trinajstić information content (AvgIpc) is 3.91. The van der Waals surface area contributed by atoms with E-state index >= 15 is 0 Å². The van der Waals surface area contributed by atoms with Gasteiger partial charge >= 0.3 is 0 Å². The van der Waals surface area contributed by atoms with Gasteiger partial charge in [0.15, 0.2) is 0 Å². The third kappa shape index (κ3) is 3.93. The molecule has 7 heterocycles. The summed E-state index contributed by atoms with van der Waals surface area (Å²) in [4.78, 5) is 8.65. The number of fused-ring (bicyclic) bond motifs is 18. The van der Waals surface area contributed by atoms with Crippen molar-refractivity contribution in [3.8, 4) is 22.6 Å². The number of rotatable bonds is 0. The van der Waals surface area contributed by atoms with Gasteiger partial charge < -0.3 is 9.64 Å². The molecule has 70 heavy (non-hydrogen) atoms. The van der Waals surface area contributed by atoms with Gasteiger partial charge in [0.2, 0.25) is 0 Å². The number of imidazole rings is 1. The number of aromatic nitrogens is 2. The van der Waals surface area contributed by atoms with Crippen LogP contribution in [0.25, 0.3) is 49.5 Å². The highest BCUT2D eigenvalue weighted by Gasteiger charge is 2.61. The van der Waals surface area contributed by atoms with E-state index in [1.165, 1.54) is 127 Å². The van der Waals surface area contributed by atoms with Crippen molar-refractivity contribution in [2.24, 2.45) is 0 Å². The quantitative estimate of drug-likeness (QED) is 0.112. The van der Waals surface area contributed by atoms with Gasteiger partial charge in [0.1, 0.15) is 17.1 Å². The van der Waals surface area contributed by atoms with Crippen molar-refractivity contribution >= 4 is 78.5 Å². The lowest BCUT2D eigenvalue weighted by atomic mass is 9.31. The van der Waals surface area contributed by atoms with Crippen molar-refractivity contribution in [1.82, 2.24) is 9.38 Å². The third-order valence-corrected chi connectivity index (χ3v) is 17.6. The molecule has 1 aliphatic carbocycles. The molecule has 2 aromatic heterocycles. The molecule has 6 aliphatic rings. The molecule has 5 heteroatoms. The van der Waals surface area contributed by atoms with E-state index in [2.05, 4.69) is 221 Å². The minimum absolute atomic E-state index is 0.0962. The van der Waals surface area contributed by atoms with Gasteiger partial charge in [-0.25, -0.2) is 4.98 Å². The van der Waals surface area contributed by atoms with E-state index in [4.69, 9.17) is 9.72 Å². The Bertz CT molecular complexity index is 4240. The number of ether oxygens (including phenoxy) is 1. The molecule has 0 radical (unpaired) electrons. The van der Waals surface area contributed by atoms with Crippen LogP contribution < -0.4 is 26.0 Å². The third-order valence-electron chi connectivity index (χ3n) is 17.6. The number of hydrogen-bond donors (Lipinski definition) is 0. The van der Waals surface area contributed by atoms with Crippen LogP contribution in [0, 0.1) is 0 Å². The molecule has 9 aromatic carbocycles. The highest BCUT2D eigenvalue weighted by atomic mass is 16.5. The van der Waals surface area contributed by atoms with Crippen molar-refractivity contribution in [3.63, 3.8) is 0 Å². The summed E-state index contributed by atoms with van der Waals surface area (Å²) in [5.41, 5.74) is 26.6. The summed E-state index contributed by atoms with van der Waals surface area (Å²) in [7, 11) is 0. The number of pyridine rings is 1. The molecular formula is C65H46BN3O. The molecule has 330 valence electrons. The summed E-state index contributed by atoms with van der Waals surface area (Å²) >= 11 is 0. The summed E-state index contributed by atoms with van der Waals surface area (Å²) in [5.74, 6) is 1.81. The number of para-hydroxylation sites is 4. The van der Waals surface area contributed by atoms with E-state index in [1.807, 2.05) is 0 Å². The molecule has 0 atom stereocenters. The van der Waals surface area contributed by atoms with Gasteiger partial charge in [0.05, 0.1) is 33.1 Å². The van der Waals surface area contributed by atoms with Gasteiger partial charge in [-0.05, 0) is 106 Å². The molecule has 0 N–H and O–H groups in total. The van der Waals surface area contributed by atoms with E-state index in [0.29, 0.717) is 0 Å². The maximum Gasteiger partial charge on any atom is 0.252 e. The molecule has 17 rings (SSSR count). The number of nitrogens with zero attached hydrogens (tertiary/aromatic N) is 3. The SMILES string of the molecule is CC(C)(C)c1cc(C(C)(C)C)c2nc3c4ccccc4c4cc5c6c7c4n3c2c1B7c1cccc2c1N6c1c(cccc1C51c3ccccc3-c3ccccc31)C21c2ccccc2Oc2ccccc21. The highest BCUT2D eigenvalue weighted by molar-refractivity contribution is 7.01. The fourth-order valence-electron chi connectivity index (χ4n) is 15.2. The Hall–Kier alpha value is -7.89. The highest BCUT2D eigenvalue weighted by Crippen LogP contribution is 2.70. The van der Waals surface area contributed by atoms with Crippen LogP contribution in [0.4, 0.5) is 17.1 Å². The molecule has 0 saturated heterocycles. The predicted molar refractivity (Wildman–Crippen MR) is 287 cm³/mol. The summed E-state index contributed by atoms with van der Waals surface area (Å²) in [6, 6.07) is 65.2. The maximum atomic E-state index is 6.98. The molecule has 4 nitrogen and oxygen atoms in total. The summed E-state index contributed by atoms with van der Waals surface area (Å²) in [6.07, 6.45) is 0. The van der Waals surface area contributed by atoms with Crippen molar-refractivity contribution in [1.29, 1.82) is 0 Å². The molecule has 5 aliphatic heterocycles. The van der Waals surface area contributed by atoms with Crippen LogP contribution >= 0.6 is 0 Å². The molecular weight excluding hydrogens is 850 g/mol. The Morgan fingerprint density at radius 2 is 0.971 bits per heavy atom. The van der Waals surface area contributed by atoms with E-state index in [0.717, 1.165) is 22.7 Å². The molecule has 0 amide bonds. The minimum atomic E-state index is -0.707. The van der Waals surface area contributed by atoms with Crippen LogP contribution in [0.15, 0.2) is 170 Å². The normalized spacial score (nSPS) is 16.1. The first kappa shape index (κ1) is 38.0. The second-order valence-corrected chi connectivity index (χ2v) is 22.9. The largest absolute Gasteiger partial charge is 0.457 e. The van der Waals surface area contributed by atoms with E-state index in [-0.39, 0.29) is 17.5 Å². The molecule has 0 fully saturated rings. The average molecular weight is 896 g/mol. The molecule has 0 bridgehead atoms. The summed E-state index contributed by atoms with van der Waals surface area (Å²) < 4.78 is 9.61. The van der Waals surface area contributed by atoms with Gasteiger partial charge in [0.25, 0.3) is 6.71 Å². The molecule has 0 saturated carbocycles.